The molecule has 0 spiro atoms. The van der Waals surface area contributed by atoms with Gasteiger partial charge in [0.05, 0.1) is 5.41 Å². The van der Waals surface area contributed by atoms with Gasteiger partial charge in [-0.15, -0.1) is 0 Å². The van der Waals surface area contributed by atoms with E-state index >= 15 is 0 Å². The third kappa shape index (κ3) is 4.19. The van der Waals surface area contributed by atoms with Crippen LogP contribution in [0.1, 0.15) is 39.0 Å². The van der Waals surface area contributed by atoms with Gasteiger partial charge in [-0.25, -0.2) is 4.79 Å². The van der Waals surface area contributed by atoms with Crippen LogP contribution < -0.4 is 10.6 Å². The van der Waals surface area contributed by atoms with Gasteiger partial charge in [0.25, 0.3) is 0 Å². The van der Waals surface area contributed by atoms with Crippen LogP contribution in [0.15, 0.2) is 0 Å². The molecular formula is C13H22N2O5. The number of hydrogen-bond donors (Lipinski definition) is 4. The molecule has 7 nitrogen and oxygen atoms in total. The molecule has 1 saturated heterocycles. The Hall–Kier alpha value is -1.63. The zero-order valence-corrected chi connectivity index (χ0v) is 11.6. The highest BCUT2D eigenvalue weighted by molar-refractivity contribution is 5.87. The lowest BCUT2D eigenvalue weighted by Crippen LogP contribution is -2.52. The van der Waals surface area contributed by atoms with E-state index in [0.29, 0.717) is 19.3 Å². The Labute approximate surface area is 117 Å². The number of amides is 1. The smallest absolute Gasteiger partial charge is 0.326 e. The fourth-order valence-electron chi connectivity index (χ4n) is 2.48. The molecule has 1 aliphatic rings. The van der Waals surface area contributed by atoms with Gasteiger partial charge >= 0.3 is 11.9 Å². The summed E-state index contributed by atoms with van der Waals surface area (Å²) < 4.78 is 0. The van der Waals surface area contributed by atoms with Gasteiger partial charge in [0, 0.05) is 6.42 Å². The van der Waals surface area contributed by atoms with Crippen LogP contribution in [0.5, 0.6) is 0 Å². The van der Waals surface area contributed by atoms with Gasteiger partial charge in [-0.1, -0.05) is 6.92 Å². The minimum absolute atomic E-state index is 0.103. The Balaban J connectivity index is 2.68. The highest BCUT2D eigenvalue weighted by Crippen LogP contribution is 2.32. The first-order chi connectivity index (χ1) is 9.41. The molecule has 20 heavy (non-hydrogen) atoms. The maximum atomic E-state index is 12.4. The summed E-state index contributed by atoms with van der Waals surface area (Å²) in [5.41, 5.74) is -0.540. The van der Waals surface area contributed by atoms with Crippen molar-refractivity contribution in [2.75, 3.05) is 13.1 Å². The van der Waals surface area contributed by atoms with Gasteiger partial charge in [-0.2, -0.15) is 0 Å². The molecule has 4 N–H and O–H groups in total. The average molecular weight is 286 g/mol. The molecule has 0 aromatic heterocycles. The van der Waals surface area contributed by atoms with E-state index in [0.717, 1.165) is 13.1 Å². The number of piperidine rings is 1. The molecule has 1 rings (SSSR count). The first kappa shape index (κ1) is 16.4. The second kappa shape index (κ2) is 7.23. The summed E-state index contributed by atoms with van der Waals surface area (Å²) in [5, 5.41) is 23.4. The van der Waals surface area contributed by atoms with Crippen LogP contribution in [-0.2, 0) is 14.4 Å². The second-order valence-corrected chi connectivity index (χ2v) is 5.18. The van der Waals surface area contributed by atoms with E-state index in [9.17, 15) is 14.4 Å². The standard InChI is InChI=1S/C13H22N2O5/c1-2-13(5-7-14-8-6-13)12(20)15-9(11(18)19)3-4-10(16)17/h9,14H,2-8H2,1H3,(H,15,20)(H,16,17)(H,18,19). The van der Waals surface area contributed by atoms with E-state index in [-0.39, 0.29) is 18.7 Å². The summed E-state index contributed by atoms with van der Waals surface area (Å²) in [7, 11) is 0. The van der Waals surface area contributed by atoms with Crippen LogP contribution in [0.3, 0.4) is 0 Å². The van der Waals surface area contributed by atoms with Gasteiger partial charge in [-0.05, 0) is 38.8 Å². The molecule has 0 aliphatic carbocycles. The lowest BCUT2D eigenvalue weighted by molar-refractivity contribution is -0.145. The summed E-state index contributed by atoms with van der Waals surface area (Å²) in [4.78, 5) is 34.0. The SMILES string of the molecule is CCC1(C(=O)NC(CCC(=O)O)C(=O)O)CCNCC1. The molecule has 0 aromatic rings. The summed E-state index contributed by atoms with van der Waals surface area (Å²) in [6, 6.07) is -1.14. The molecule has 1 heterocycles. The average Bonchev–Trinajstić information content (AvgIpc) is 2.43. The van der Waals surface area contributed by atoms with Crippen LogP contribution in [0.2, 0.25) is 0 Å². The quantitative estimate of drug-likeness (QED) is 0.531. The lowest BCUT2D eigenvalue weighted by Gasteiger charge is -2.36. The molecule has 1 fully saturated rings. The zero-order chi connectivity index (χ0) is 15.2. The van der Waals surface area contributed by atoms with Crippen molar-refractivity contribution in [2.24, 2.45) is 5.41 Å². The Morgan fingerprint density at radius 3 is 2.30 bits per heavy atom. The normalized spacial score (nSPS) is 19.1. The summed E-state index contributed by atoms with van der Waals surface area (Å²) in [6.45, 7) is 3.38. The van der Waals surface area contributed by atoms with Crippen LogP contribution in [0.25, 0.3) is 0 Å². The number of nitrogens with one attached hydrogen (secondary N) is 2. The monoisotopic (exact) mass is 286 g/mol. The molecule has 1 atom stereocenters. The van der Waals surface area contributed by atoms with Gasteiger partial charge in [0.15, 0.2) is 0 Å². The fourth-order valence-corrected chi connectivity index (χ4v) is 2.48. The number of carbonyl (C=O) groups is 3. The van der Waals surface area contributed by atoms with Crippen LogP contribution in [0.4, 0.5) is 0 Å². The predicted molar refractivity (Wildman–Crippen MR) is 71.3 cm³/mol. The number of rotatable bonds is 7. The van der Waals surface area contributed by atoms with E-state index in [1.165, 1.54) is 0 Å². The Morgan fingerprint density at radius 2 is 1.85 bits per heavy atom. The Kier molecular flexibility index (Phi) is 5.94. The zero-order valence-electron chi connectivity index (χ0n) is 11.6. The Bertz CT molecular complexity index is 377. The number of aliphatic carboxylic acids is 2. The van der Waals surface area contributed by atoms with Crippen molar-refractivity contribution < 1.29 is 24.6 Å². The van der Waals surface area contributed by atoms with Crippen molar-refractivity contribution in [1.82, 2.24) is 10.6 Å². The number of carboxylic acids is 2. The molecule has 0 radical (unpaired) electrons. The van der Waals surface area contributed by atoms with Crippen molar-refractivity contribution in [2.45, 2.75) is 45.1 Å². The predicted octanol–water partition coefficient (Wildman–Crippen LogP) is 0.200. The molecule has 1 amide bonds. The van der Waals surface area contributed by atoms with Gasteiger partial charge in [0.1, 0.15) is 6.04 Å². The Morgan fingerprint density at radius 1 is 1.25 bits per heavy atom. The van der Waals surface area contributed by atoms with E-state index in [1.54, 1.807) is 0 Å². The highest BCUT2D eigenvalue weighted by atomic mass is 16.4. The molecule has 0 aromatic carbocycles. The molecule has 1 aliphatic heterocycles. The van der Waals surface area contributed by atoms with E-state index < -0.39 is 23.4 Å². The van der Waals surface area contributed by atoms with Crippen molar-refractivity contribution in [3.05, 3.63) is 0 Å². The third-order valence-corrected chi connectivity index (χ3v) is 3.97. The first-order valence-electron chi connectivity index (χ1n) is 6.87. The van der Waals surface area contributed by atoms with E-state index in [2.05, 4.69) is 10.6 Å². The maximum absolute atomic E-state index is 12.4. The molecule has 114 valence electrons. The minimum Gasteiger partial charge on any atom is -0.481 e. The topological polar surface area (TPSA) is 116 Å². The largest absolute Gasteiger partial charge is 0.481 e. The third-order valence-electron chi connectivity index (χ3n) is 3.97. The number of carbonyl (C=O) groups excluding carboxylic acids is 1. The molecular weight excluding hydrogens is 264 g/mol. The van der Waals surface area contributed by atoms with Gasteiger partial charge < -0.3 is 20.8 Å². The summed E-state index contributed by atoms with van der Waals surface area (Å²) in [5.74, 6) is -2.54. The fraction of sp³-hybridized carbons (Fsp3) is 0.769. The van der Waals surface area contributed by atoms with Gasteiger partial charge in [-0.3, -0.25) is 9.59 Å². The van der Waals surface area contributed by atoms with Gasteiger partial charge in [0.2, 0.25) is 5.91 Å². The second-order valence-electron chi connectivity index (χ2n) is 5.18. The summed E-state index contributed by atoms with van der Waals surface area (Å²) >= 11 is 0. The van der Waals surface area contributed by atoms with E-state index in [1.807, 2.05) is 6.92 Å². The highest BCUT2D eigenvalue weighted by Gasteiger charge is 2.39. The summed E-state index contributed by atoms with van der Waals surface area (Å²) in [6.07, 6.45) is 1.60. The van der Waals surface area contributed by atoms with Crippen molar-refractivity contribution in [1.29, 1.82) is 0 Å². The maximum Gasteiger partial charge on any atom is 0.326 e. The van der Waals surface area contributed by atoms with Crippen LogP contribution >= 0.6 is 0 Å². The first-order valence-corrected chi connectivity index (χ1v) is 6.87. The number of hydrogen-bond acceptors (Lipinski definition) is 4. The van der Waals surface area contributed by atoms with Crippen molar-refractivity contribution in [3.63, 3.8) is 0 Å². The molecule has 0 bridgehead atoms. The van der Waals surface area contributed by atoms with Crippen LogP contribution in [-0.4, -0.2) is 47.2 Å². The van der Waals surface area contributed by atoms with Crippen LogP contribution in [0, 0.1) is 5.41 Å². The van der Waals surface area contributed by atoms with Crippen molar-refractivity contribution in [3.8, 4) is 0 Å². The van der Waals surface area contributed by atoms with Crippen molar-refractivity contribution >= 4 is 17.8 Å². The lowest BCUT2D eigenvalue weighted by atomic mass is 9.75. The molecule has 1 unspecified atom stereocenters. The number of carboxylic acid groups (broad SMARTS) is 2. The minimum atomic E-state index is -1.19. The molecule has 7 heteroatoms. The molecule has 0 saturated carbocycles. The van der Waals surface area contributed by atoms with E-state index in [4.69, 9.17) is 10.2 Å².